The van der Waals surface area contributed by atoms with Crippen molar-refractivity contribution < 1.29 is 22.7 Å². The largest absolute Gasteiger partial charge is 0.390 e. The van der Waals surface area contributed by atoms with E-state index in [0.717, 1.165) is 20.5 Å². The lowest BCUT2D eigenvalue weighted by molar-refractivity contribution is -0.136. The van der Waals surface area contributed by atoms with Gasteiger partial charge in [-0.05, 0) is 12.5 Å². The van der Waals surface area contributed by atoms with Crippen LogP contribution in [-0.4, -0.2) is 35.3 Å². The number of carbonyl (C=O) groups excluding carboxylic acids is 1. The van der Waals surface area contributed by atoms with Crippen molar-refractivity contribution >= 4 is 27.8 Å². The number of rotatable bonds is 6. The predicted molar refractivity (Wildman–Crippen MR) is 83.0 cm³/mol. The zero-order valence-electron chi connectivity index (χ0n) is 13.0. The lowest BCUT2D eigenvalue weighted by Gasteiger charge is -2.13. The molecule has 0 aliphatic carbocycles. The third-order valence-electron chi connectivity index (χ3n) is 3.58. The first kappa shape index (κ1) is 18.4. The molecule has 2 aromatic rings. The molecule has 0 aromatic carbocycles. The second-order valence-electron chi connectivity index (χ2n) is 5.14. The van der Waals surface area contributed by atoms with Gasteiger partial charge in [-0.2, -0.15) is 13.2 Å². The standard InChI is InChI=1S/C14H15F3N2O4S/c1-8-9(7-20)24-12-10(8)11(21)18(5-6-23-2)13(22)19(12)4-3-14(15,16)17/h7H,3-6H2,1-2H3. The Morgan fingerprint density at radius 3 is 2.42 bits per heavy atom. The van der Waals surface area contributed by atoms with E-state index in [2.05, 4.69) is 0 Å². The van der Waals surface area contributed by atoms with Crippen molar-refractivity contribution in [3.63, 3.8) is 0 Å². The average Bonchev–Trinajstić information content (AvgIpc) is 2.82. The quantitative estimate of drug-likeness (QED) is 0.735. The van der Waals surface area contributed by atoms with Gasteiger partial charge in [-0.1, -0.05) is 0 Å². The number of carbonyl (C=O) groups is 1. The molecule has 0 aliphatic heterocycles. The molecular weight excluding hydrogens is 349 g/mol. The highest BCUT2D eigenvalue weighted by molar-refractivity contribution is 7.20. The molecule has 0 radical (unpaired) electrons. The molecule has 0 aliphatic rings. The highest BCUT2D eigenvalue weighted by Crippen LogP contribution is 2.27. The fourth-order valence-electron chi connectivity index (χ4n) is 2.34. The number of nitrogens with zero attached hydrogens (tertiary/aromatic N) is 2. The van der Waals surface area contributed by atoms with E-state index in [4.69, 9.17) is 4.74 Å². The van der Waals surface area contributed by atoms with Crippen molar-refractivity contribution in [3.8, 4) is 0 Å². The van der Waals surface area contributed by atoms with Crippen LogP contribution in [0.4, 0.5) is 13.2 Å². The number of alkyl halides is 3. The summed E-state index contributed by atoms with van der Waals surface area (Å²) in [5, 5.41) is 0.0972. The van der Waals surface area contributed by atoms with Crippen LogP contribution in [0.1, 0.15) is 21.7 Å². The highest BCUT2D eigenvalue weighted by atomic mass is 32.1. The molecule has 0 unspecified atom stereocenters. The summed E-state index contributed by atoms with van der Waals surface area (Å²) in [6.45, 7) is 0.888. The Morgan fingerprint density at radius 2 is 1.88 bits per heavy atom. The van der Waals surface area contributed by atoms with Gasteiger partial charge in [-0.15, -0.1) is 11.3 Å². The van der Waals surface area contributed by atoms with Crippen LogP contribution in [0, 0.1) is 6.92 Å². The normalized spacial score (nSPS) is 12.0. The van der Waals surface area contributed by atoms with Gasteiger partial charge in [0.1, 0.15) is 4.83 Å². The number of halogens is 3. The molecule has 2 heterocycles. The van der Waals surface area contributed by atoms with Gasteiger partial charge in [0, 0.05) is 13.7 Å². The van der Waals surface area contributed by atoms with Crippen LogP contribution in [0.15, 0.2) is 9.59 Å². The summed E-state index contributed by atoms with van der Waals surface area (Å²) in [5.41, 5.74) is -1.11. The van der Waals surface area contributed by atoms with Crippen LogP contribution in [0.3, 0.4) is 0 Å². The van der Waals surface area contributed by atoms with Gasteiger partial charge in [0.2, 0.25) is 0 Å². The van der Waals surface area contributed by atoms with Crippen LogP contribution in [0.25, 0.3) is 10.2 Å². The monoisotopic (exact) mass is 364 g/mol. The topological polar surface area (TPSA) is 70.3 Å². The summed E-state index contributed by atoms with van der Waals surface area (Å²) < 4.78 is 44.2. The molecule has 0 spiro atoms. The fourth-order valence-corrected chi connectivity index (χ4v) is 3.47. The lowest BCUT2D eigenvalue weighted by atomic mass is 10.2. The zero-order chi connectivity index (χ0) is 18.1. The van der Waals surface area contributed by atoms with Gasteiger partial charge in [-0.25, -0.2) is 4.79 Å². The first-order chi connectivity index (χ1) is 11.2. The van der Waals surface area contributed by atoms with Crippen molar-refractivity contribution in [1.29, 1.82) is 0 Å². The number of hydrogen-bond acceptors (Lipinski definition) is 5. The molecule has 132 valence electrons. The molecule has 10 heteroatoms. The van der Waals surface area contributed by atoms with E-state index >= 15 is 0 Å². The maximum absolute atomic E-state index is 12.5. The summed E-state index contributed by atoms with van der Waals surface area (Å²) in [4.78, 5) is 36.4. The predicted octanol–water partition coefficient (Wildman–Crippen LogP) is 1.94. The van der Waals surface area contributed by atoms with E-state index in [1.54, 1.807) is 0 Å². The highest BCUT2D eigenvalue weighted by Gasteiger charge is 2.28. The smallest absolute Gasteiger partial charge is 0.383 e. The van der Waals surface area contributed by atoms with Gasteiger partial charge < -0.3 is 4.74 Å². The third-order valence-corrected chi connectivity index (χ3v) is 4.82. The van der Waals surface area contributed by atoms with Crippen LogP contribution in [0.2, 0.25) is 0 Å². The van der Waals surface area contributed by atoms with E-state index in [1.165, 1.54) is 14.0 Å². The number of ether oxygens (including phenoxy) is 1. The molecule has 0 fully saturated rings. The SMILES string of the molecule is COCCn1c(=O)c2c(C)c(C=O)sc2n(CCC(F)(F)F)c1=O. The Balaban J connectivity index is 2.75. The van der Waals surface area contributed by atoms with Crippen molar-refractivity contribution in [2.75, 3.05) is 13.7 Å². The Bertz CT molecular complexity index is 879. The van der Waals surface area contributed by atoms with Crippen LogP contribution >= 0.6 is 11.3 Å². The molecule has 0 atom stereocenters. The molecule has 0 saturated carbocycles. The van der Waals surface area contributed by atoms with Crippen molar-refractivity contribution in [2.45, 2.75) is 32.6 Å². The second kappa shape index (κ2) is 6.89. The van der Waals surface area contributed by atoms with Gasteiger partial charge >= 0.3 is 11.9 Å². The van der Waals surface area contributed by atoms with Gasteiger partial charge in [0.25, 0.3) is 5.56 Å². The van der Waals surface area contributed by atoms with E-state index in [0.29, 0.717) is 11.8 Å². The molecule has 6 nitrogen and oxygen atoms in total. The number of aldehydes is 1. The van der Waals surface area contributed by atoms with Gasteiger partial charge in [-0.3, -0.25) is 18.7 Å². The molecule has 0 N–H and O–H groups in total. The maximum Gasteiger partial charge on any atom is 0.390 e. The fraction of sp³-hybridized carbons (Fsp3) is 0.500. The first-order valence-corrected chi connectivity index (χ1v) is 7.80. The zero-order valence-corrected chi connectivity index (χ0v) is 13.8. The van der Waals surface area contributed by atoms with Crippen molar-refractivity contribution in [3.05, 3.63) is 31.3 Å². The summed E-state index contributed by atoms with van der Waals surface area (Å²) in [7, 11) is 1.38. The molecule has 0 bridgehead atoms. The number of methoxy groups -OCH3 is 1. The minimum Gasteiger partial charge on any atom is -0.383 e. The molecule has 0 saturated heterocycles. The first-order valence-electron chi connectivity index (χ1n) is 6.99. The number of fused-ring (bicyclic) bond motifs is 1. The molecule has 2 rings (SSSR count). The molecule has 2 aromatic heterocycles. The van der Waals surface area contributed by atoms with E-state index < -0.39 is 30.4 Å². The van der Waals surface area contributed by atoms with E-state index in [9.17, 15) is 27.6 Å². The minimum atomic E-state index is -4.45. The lowest BCUT2D eigenvalue weighted by Crippen LogP contribution is -2.41. The number of hydrogen-bond donors (Lipinski definition) is 0. The Morgan fingerprint density at radius 1 is 1.21 bits per heavy atom. The van der Waals surface area contributed by atoms with E-state index in [1.807, 2.05) is 0 Å². The number of thiophene rings is 1. The molecule has 24 heavy (non-hydrogen) atoms. The molecule has 0 amide bonds. The van der Waals surface area contributed by atoms with E-state index in [-0.39, 0.29) is 28.2 Å². The minimum absolute atomic E-state index is 0.0592. The Kier molecular flexibility index (Phi) is 5.29. The summed E-state index contributed by atoms with van der Waals surface area (Å²) in [5.74, 6) is 0. The van der Waals surface area contributed by atoms with Gasteiger partial charge in [0.05, 0.1) is 29.8 Å². The van der Waals surface area contributed by atoms with Crippen LogP contribution < -0.4 is 11.2 Å². The third kappa shape index (κ3) is 3.44. The summed E-state index contributed by atoms with van der Waals surface area (Å²) in [6.07, 6.45) is -5.13. The average molecular weight is 364 g/mol. The Labute approximate surface area is 138 Å². The van der Waals surface area contributed by atoms with Crippen molar-refractivity contribution in [1.82, 2.24) is 9.13 Å². The van der Waals surface area contributed by atoms with Crippen LogP contribution in [-0.2, 0) is 17.8 Å². The van der Waals surface area contributed by atoms with Gasteiger partial charge in [0.15, 0.2) is 6.29 Å². The number of aromatic nitrogens is 2. The second-order valence-corrected chi connectivity index (χ2v) is 6.17. The molecular formula is C14H15F3N2O4S. The number of aryl methyl sites for hydroxylation is 2. The summed E-state index contributed by atoms with van der Waals surface area (Å²) >= 11 is 0.845. The van der Waals surface area contributed by atoms with Crippen LogP contribution in [0.5, 0.6) is 0 Å². The maximum atomic E-state index is 12.5. The Hall–Kier alpha value is -1.94. The summed E-state index contributed by atoms with van der Waals surface area (Å²) in [6, 6.07) is 0. The van der Waals surface area contributed by atoms with Crippen molar-refractivity contribution in [2.24, 2.45) is 0 Å².